The minimum Gasteiger partial charge on any atom is -0.412 e. The number of rotatable bonds is 0. The largest absolute Gasteiger partial charge is 0.412 e. The number of hydrogen-bond acceptors (Lipinski definition) is 0. The molecule has 0 bridgehead atoms. The van der Waals surface area contributed by atoms with Crippen LogP contribution in [0.3, 0.4) is 0 Å². The molecule has 0 saturated heterocycles. The van der Waals surface area contributed by atoms with E-state index in [1.54, 1.807) is 0 Å². The van der Waals surface area contributed by atoms with E-state index in [0.29, 0.717) is 0 Å². The van der Waals surface area contributed by atoms with Gasteiger partial charge in [0.15, 0.2) is 0 Å². The van der Waals surface area contributed by atoms with Crippen LogP contribution in [0.15, 0.2) is 0 Å². The standard InChI is InChI=1S/Ca.Mg.H2O.H2S/h;;2*1H2. The van der Waals surface area contributed by atoms with Crippen LogP contribution >= 0.6 is 13.5 Å². The van der Waals surface area contributed by atoms with Crippen molar-refractivity contribution in [1.82, 2.24) is 0 Å². The maximum atomic E-state index is 0. The van der Waals surface area contributed by atoms with Crippen LogP contribution in [0.2, 0.25) is 0 Å². The van der Waals surface area contributed by atoms with Gasteiger partial charge in [-0.1, -0.05) is 0 Å². The molecule has 0 aliphatic heterocycles. The van der Waals surface area contributed by atoms with E-state index in [1.165, 1.54) is 0 Å². The van der Waals surface area contributed by atoms with Gasteiger partial charge in [-0.2, -0.15) is 13.5 Å². The van der Waals surface area contributed by atoms with Gasteiger partial charge in [-0.3, -0.25) is 0 Å². The fraction of sp³-hybridized carbons (Fsp3) is 0. The summed E-state index contributed by atoms with van der Waals surface area (Å²) in [5.74, 6) is 0. The first-order chi connectivity index (χ1) is 0. The van der Waals surface area contributed by atoms with Gasteiger partial charge in [-0.05, 0) is 0 Å². The third-order valence-corrected chi connectivity index (χ3v) is 0. The summed E-state index contributed by atoms with van der Waals surface area (Å²) in [7, 11) is 0. The second-order valence-corrected chi connectivity index (χ2v) is 0. The molecular weight excluding hydrogens is 112 g/mol. The van der Waals surface area contributed by atoms with E-state index in [4.69, 9.17) is 0 Å². The summed E-state index contributed by atoms with van der Waals surface area (Å²) in [6.45, 7) is 0. The van der Waals surface area contributed by atoms with Crippen LogP contribution in [0.5, 0.6) is 0 Å². The fourth-order valence-corrected chi connectivity index (χ4v) is 0. The molecule has 2 N–H and O–H groups in total. The fourth-order valence-electron chi connectivity index (χ4n) is 0. The zero-order chi connectivity index (χ0) is 0. The smallest absolute Gasteiger partial charge is 0 e. The molecule has 0 saturated carbocycles. The van der Waals surface area contributed by atoms with Crippen molar-refractivity contribution in [2.24, 2.45) is 0 Å². The molecule has 1 nitrogen and oxygen atoms in total. The molecule has 0 heterocycles. The molecule has 4 radical (unpaired) electrons. The minimum absolute atomic E-state index is 0. The summed E-state index contributed by atoms with van der Waals surface area (Å²) in [5.41, 5.74) is 0. The summed E-state index contributed by atoms with van der Waals surface area (Å²) in [4.78, 5) is 0. The van der Waals surface area contributed by atoms with Crippen LogP contribution in [0, 0.1) is 0 Å². The van der Waals surface area contributed by atoms with Crippen LogP contribution in [-0.4, -0.2) is 66.3 Å². The van der Waals surface area contributed by atoms with Gasteiger partial charge in [0, 0.05) is 60.8 Å². The van der Waals surface area contributed by atoms with Gasteiger partial charge in [0.25, 0.3) is 0 Å². The van der Waals surface area contributed by atoms with E-state index >= 15 is 0 Å². The Morgan fingerprint density at radius 3 is 1.00 bits per heavy atom. The van der Waals surface area contributed by atoms with Crippen LogP contribution in [0.25, 0.3) is 0 Å². The Bertz CT molecular complexity index is 8.00. The van der Waals surface area contributed by atoms with Gasteiger partial charge in [0.2, 0.25) is 0 Å². The molecule has 4 heteroatoms. The average Bonchev–Trinajstić information content (AvgIpc) is 0. The Labute approximate surface area is 78.4 Å². The SMILES string of the molecule is O.S.[Ca].[Mg]. The summed E-state index contributed by atoms with van der Waals surface area (Å²) < 4.78 is 0. The van der Waals surface area contributed by atoms with Gasteiger partial charge in [0.05, 0.1) is 0 Å². The Balaban J connectivity index is 0. The summed E-state index contributed by atoms with van der Waals surface area (Å²) in [5, 5.41) is 0. The van der Waals surface area contributed by atoms with Crippen LogP contribution in [0.1, 0.15) is 0 Å². The Kier molecular flexibility index (Phi) is 152. The predicted octanol–water partition coefficient (Wildman–Crippen LogP) is -1.47. The molecule has 0 rings (SSSR count). The molecule has 0 aliphatic rings. The van der Waals surface area contributed by atoms with Crippen molar-refractivity contribution in [3.63, 3.8) is 0 Å². The van der Waals surface area contributed by atoms with Crippen LogP contribution in [0.4, 0.5) is 0 Å². The van der Waals surface area contributed by atoms with E-state index in [9.17, 15) is 0 Å². The first-order valence-corrected chi connectivity index (χ1v) is 0. The van der Waals surface area contributed by atoms with E-state index in [-0.39, 0.29) is 79.8 Å². The molecule has 20 valence electrons. The molecule has 0 fully saturated rings. The van der Waals surface area contributed by atoms with Gasteiger partial charge in [-0.15, -0.1) is 0 Å². The predicted molar refractivity (Wildman–Crippen MR) is 25.5 cm³/mol. The van der Waals surface area contributed by atoms with Crippen molar-refractivity contribution < 1.29 is 5.48 Å². The molecule has 0 aromatic rings. The Morgan fingerprint density at radius 2 is 1.00 bits per heavy atom. The van der Waals surface area contributed by atoms with Gasteiger partial charge in [0.1, 0.15) is 0 Å². The van der Waals surface area contributed by atoms with Crippen molar-refractivity contribution in [2.75, 3.05) is 0 Å². The van der Waals surface area contributed by atoms with Crippen molar-refractivity contribution in [3.8, 4) is 0 Å². The molecule has 0 unspecified atom stereocenters. The summed E-state index contributed by atoms with van der Waals surface area (Å²) in [6.07, 6.45) is 0. The first-order valence-electron chi connectivity index (χ1n) is 0. The van der Waals surface area contributed by atoms with E-state index in [2.05, 4.69) is 0 Å². The Hall–Kier alpha value is 2.34. The summed E-state index contributed by atoms with van der Waals surface area (Å²) >= 11 is 0. The van der Waals surface area contributed by atoms with Gasteiger partial charge in [-0.25, -0.2) is 0 Å². The van der Waals surface area contributed by atoms with Crippen molar-refractivity contribution in [3.05, 3.63) is 0 Å². The zero-order valence-corrected chi connectivity index (χ0v) is 7.04. The minimum atomic E-state index is 0. The van der Waals surface area contributed by atoms with Crippen LogP contribution < -0.4 is 0 Å². The van der Waals surface area contributed by atoms with E-state index in [0.717, 1.165) is 0 Å². The third-order valence-electron chi connectivity index (χ3n) is 0. The molecule has 0 amide bonds. The van der Waals surface area contributed by atoms with Crippen molar-refractivity contribution in [2.45, 2.75) is 0 Å². The summed E-state index contributed by atoms with van der Waals surface area (Å²) in [6, 6.07) is 0. The molecule has 4 heavy (non-hydrogen) atoms. The van der Waals surface area contributed by atoms with Gasteiger partial charge < -0.3 is 5.48 Å². The topological polar surface area (TPSA) is 31.5 Å². The zero-order valence-electron chi connectivity index (χ0n) is 2.41. The monoisotopic (exact) mass is 116 g/mol. The average molecular weight is 116 g/mol. The van der Waals surface area contributed by atoms with E-state index < -0.39 is 0 Å². The maximum absolute atomic E-state index is 0. The van der Waals surface area contributed by atoms with Gasteiger partial charge >= 0.3 is 0 Å². The van der Waals surface area contributed by atoms with Crippen molar-refractivity contribution >= 4 is 74.3 Å². The molecule has 0 atom stereocenters. The quantitative estimate of drug-likeness (QED) is 0.346. The van der Waals surface area contributed by atoms with Crippen LogP contribution in [-0.2, 0) is 0 Å². The second-order valence-electron chi connectivity index (χ2n) is 0. The second kappa shape index (κ2) is 18.4. The molecule has 0 aromatic carbocycles. The molecular formula is H4CaMgOS. The Morgan fingerprint density at radius 1 is 1.00 bits per heavy atom. The maximum Gasteiger partial charge on any atom is 0 e. The first kappa shape index (κ1) is 33.1. The third kappa shape index (κ3) is 8.84. The van der Waals surface area contributed by atoms with E-state index in [1.807, 2.05) is 0 Å². The molecule has 0 spiro atoms. The molecule has 0 aromatic heterocycles. The number of hydrogen-bond donors (Lipinski definition) is 0. The van der Waals surface area contributed by atoms with Crippen molar-refractivity contribution in [1.29, 1.82) is 0 Å². The normalized spacial score (nSPS) is 0. The molecule has 0 aliphatic carbocycles.